The summed E-state index contributed by atoms with van der Waals surface area (Å²) in [5.74, 6) is -1.35. The van der Waals surface area contributed by atoms with E-state index in [1.54, 1.807) is 6.07 Å². The van der Waals surface area contributed by atoms with Gasteiger partial charge in [-0.1, -0.05) is 0 Å². The predicted octanol–water partition coefficient (Wildman–Crippen LogP) is 0.817. The molecule has 0 spiro atoms. The highest BCUT2D eigenvalue weighted by atomic mass is 16.4. The maximum absolute atomic E-state index is 9.98. The number of aliphatic carboxylic acids is 1. The van der Waals surface area contributed by atoms with Gasteiger partial charge in [0.1, 0.15) is 5.76 Å². The number of nitriles is 1. The van der Waals surface area contributed by atoms with E-state index in [2.05, 4.69) is 0 Å². The number of aliphatic hydroxyl groups excluding tert-OH is 1. The second-order valence-corrected chi connectivity index (χ2v) is 1.75. The molecule has 0 saturated heterocycles. The number of nitrogens with zero attached hydrogens (tertiary/aromatic N) is 1. The average molecular weight is 141 g/mol. The summed E-state index contributed by atoms with van der Waals surface area (Å²) >= 11 is 0. The molecule has 0 fully saturated rings. The van der Waals surface area contributed by atoms with Crippen LogP contribution in [0.5, 0.6) is 0 Å². The minimum absolute atomic E-state index is 0.104. The summed E-state index contributed by atoms with van der Waals surface area (Å²) in [5, 5.41) is 25.0. The van der Waals surface area contributed by atoms with E-state index in [0.717, 1.165) is 0 Å². The highest BCUT2D eigenvalue weighted by Gasteiger charge is 2.05. The van der Waals surface area contributed by atoms with Crippen LogP contribution in [0.4, 0.5) is 0 Å². The molecule has 0 rings (SSSR count). The lowest BCUT2D eigenvalue weighted by Gasteiger charge is -1.92. The SMILES string of the molecule is CC(O)=C(C#N)CC(=O)O. The van der Waals surface area contributed by atoms with Crippen LogP contribution in [0.25, 0.3) is 0 Å². The number of carboxylic acids is 1. The minimum atomic E-state index is -1.12. The first-order valence-electron chi connectivity index (χ1n) is 2.58. The van der Waals surface area contributed by atoms with Crippen molar-refractivity contribution in [3.8, 4) is 6.07 Å². The van der Waals surface area contributed by atoms with Crippen molar-refractivity contribution < 1.29 is 15.0 Å². The van der Waals surface area contributed by atoms with Gasteiger partial charge in [-0.3, -0.25) is 4.79 Å². The Hall–Kier alpha value is -1.50. The maximum atomic E-state index is 9.98. The van der Waals surface area contributed by atoms with Gasteiger partial charge in [-0.2, -0.15) is 5.26 Å². The standard InChI is InChI=1S/C6H7NO3/c1-4(8)5(3-7)2-6(9)10/h8H,2H2,1H3,(H,9,10). The Morgan fingerprint density at radius 3 is 2.20 bits per heavy atom. The second-order valence-electron chi connectivity index (χ2n) is 1.75. The fraction of sp³-hybridized carbons (Fsp3) is 0.333. The van der Waals surface area contributed by atoms with Crippen LogP contribution in [0.2, 0.25) is 0 Å². The molecule has 0 aliphatic heterocycles. The van der Waals surface area contributed by atoms with Crippen LogP contribution in [0.1, 0.15) is 13.3 Å². The summed E-state index contributed by atoms with van der Waals surface area (Å²) in [6, 6.07) is 1.58. The van der Waals surface area contributed by atoms with Gasteiger partial charge in [0.05, 0.1) is 18.1 Å². The molecule has 0 aromatic carbocycles. The van der Waals surface area contributed by atoms with Crippen molar-refractivity contribution in [3.05, 3.63) is 11.3 Å². The Morgan fingerprint density at radius 1 is 1.60 bits per heavy atom. The van der Waals surface area contributed by atoms with Crippen LogP contribution in [-0.2, 0) is 4.79 Å². The molecule has 0 unspecified atom stereocenters. The molecule has 0 heterocycles. The van der Waals surface area contributed by atoms with Crippen molar-refractivity contribution in [1.29, 1.82) is 5.26 Å². The van der Waals surface area contributed by atoms with Crippen molar-refractivity contribution >= 4 is 5.97 Å². The zero-order valence-corrected chi connectivity index (χ0v) is 5.46. The summed E-state index contributed by atoms with van der Waals surface area (Å²) in [7, 11) is 0. The molecular weight excluding hydrogens is 134 g/mol. The van der Waals surface area contributed by atoms with Crippen LogP contribution in [0.15, 0.2) is 11.3 Å². The van der Waals surface area contributed by atoms with Gasteiger partial charge in [-0.05, 0) is 6.92 Å². The molecular formula is C6H7NO3. The number of carboxylic acid groups (broad SMARTS) is 1. The minimum Gasteiger partial charge on any atom is -0.512 e. The highest BCUT2D eigenvalue weighted by Crippen LogP contribution is 2.03. The number of hydrogen-bond acceptors (Lipinski definition) is 3. The molecule has 54 valence electrons. The van der Waals surface area contributed by atoms with E-state index in [-0.39, 0.29) is 11.3 Å². The van der Waals surface area contributed by atoms with Crippen LogP contribution < -0.4 is 0 Å². The van der Waals surface area contributed by atoms with E-state index in [9.17, 15) is 4.79 Å². The molecule has 0 bridgehead atoms. The van der Waals surface area contributed by atoms with E-state index in [1.165, 1.54) is 6.92 Å². The molecule has 0 atom stereocenters. The van der Waals surface area contributed by atoms with E-state index in [0.29, 0.717) is 0 Å². The molecule has 4 heteroatoms. The van der Waals surface area contributed by atoms with Gasteiger partial charge in [0.2, 0.25) is 0 Å². The first-order chi connectivity index (χ1) is 4.57. The van der Waals surface area contributed by atoms with E-state index in [1.807, 2.05) is 0 Å². The molecule has 2 N–H and O–H groups in total. The molecule has 0 saturated carbocycles. The van der Waals surface area contributed by atoms with Crippen LogP contribution in [0.3, 0.4) is 0 Å². The fourth-order valence-electron chi connectivity index (χ4n) is 0.400. The number of allylic oxidation sites excluding steroid dienone is 1. The number of hydrogen-bond donors (Lipinski definition) is 2. The van der Waals surface area contributed by atoms with Crippen molar-refractivity contribution in [3.63, 3.8) is 0 Å². The zero-order chi connectivity index (χ0) is 8.15. The molecule has 0 aromatic heterocycles. The normalized spacial score (nSPS) is 11.6. The van der Waals surface area contributed by atoms with E-state index < -0.39 is 12.4 Å². The molecule has 0 aromatic rings. The summed E-state index contributed by atoms with van der Waals surface area (Å²) in [6.07, 6.45) is -0.418. The summed E-state index contributed by atoms with van der Waals surface area (Å²) in [6.45, 7) is 1.28. The molecule has 0 radical (unpaired) electrons. The average Bonchev–Trinajstić information content (AvgIpc) is 1.81. The smallest absolute Gasteiger partial charge is 0.308 e. The quantitative estimate of drug-likeness (QED) is 0.440. The first-order valence-corrected chi connectivity index (χ1v) is 2.58. The van der Waals surface area contributed by atoms with Gasteiger partial charge < -0.3 is 10.2 Å². The highest BCUT2D eigenvalue weighted by molar-refractivity contribution is 5.71. The number of aliphatic hydroxyl groups is 1. The van der Waals surface area contributed by atoms with Crippen LogP contribution in [-0.4, -0.2) is 16.2 Å². The largest absolute Gasteiger partial charge is 0.512 e. The third-order valence-corrected chi connectivity index (χ3v) is 0.900. The Bertz CT molecular complexity index is 208. The Morgan fingerprint density at radius 2 is 2.10 bits per heavy atom. The van der Waals surface area contributed by atoms with Crippen molar-refractivity contribution in [2.45, 2.75) is 13.3 Å². The van der Waals surface area contributed by atoms with Gasteiger partial charge in [0.25, 0.3) is 0 Å². The Balaban J connectivity index is 4.30. The molecule has 4 nitrogen and oxygen atoms in total. The lowest BCUT2D eigenvalue weighted by molar-refractivity contribution is -0.136. The number of rotatable bonds is 2. The van der Waals surface area contributed by atoms with Crippen LogP contribution >= 0.6 is 0 Å². The molecule has 0 aliphatic rings. The maximum Gasteiger partial charge on any atom is 0.308 e. The third kappa shape index (κ3) is 2.72. The lowest BCUT2D eigenvalue weighted by Crippen LogP contribution is -1.97. The Labute approximate surface area is 58.0 Å². The number of carbonyl (C=O) groups is 1. The van der Waals surface area contributed by atoms with E-state index >= 15 is 0 Å². The lowest BCUT2D eigenvalue weighted by atomic mass is 10.2. The topological polar surface area (TPSA) is 81.3 Å². The van der Waals surface area contributed by atoms with Crippen molar-refractivity contribution in [1.82, 2.24) is 0 Å². The van der Waals surface area contributed by atoms with Crippen LogP contribution in [0, 0.1) is 11.3 Å². The summed E-state index contributed by atoms with van der Waals surface area (Å²) in [4.78, 5) is 9.98. The van der Waals surface area contributed by atoms with Gasteiger partial charge in [0, 0.05) is 0 Å². The molecule has 0 amide bonds. The molecule has 0 aliphatic carbocycles. The molecule has 10 heavy (non-hydrogen) atoms. The monoisotopic (exact) mass is 141 g/mol. The zero-order valence-electron chi connectivity index (χ0n) is 5.46. The van der Waals surface area contributed by atoms with Gasteiger partial charge in [0.15, 0.2) is 0 Å². The first kappa shape index (κ1) is 8.50. The fourth-order valence-corrected chi connectivity index (χ4v) is 0.400. The van der Waals surface area contributed by atoms with Gasteiger partial charge in [-0.15, -0.1) is 0 Å². The third-order valence-electron chi connectivity index (χ3n) is 0.900. The Kier molecular flexibility index (Phi) is 2.98. The van der Waals surface area contributed by atoms with Crippen molar-refractivity contribution in [2.24, 2.45) is 0 Å². The summed E-state index contributed by atoms with van der Waals surface area (Å²) < 4.78 is 0. The second kappa shape index (κ2) is 3.51. The van der Waals surface area contributed by atoms with Crippen molar-refractivity contribution in [2.75, 3.05) is 0 Å². The van der Waals surface area contributed by atoms with E-state index in [4.69, 9.17) is 15.5 Å². The predicted molar refractivity (Wildman–Crippen MR) is 33.2 cm³/mol. The summed E-state index contributed by atoms with van der Waals surface area (Å²) in [5.41, 5.74) is -0.104. The van der Waals surface area contributed by atoms with Gasteiger partial charge in [-0.25, -0.2) is 0 Å². The van der Waals surface area contributed by atoms with Gasteiger partial charge >= 0.3 is 5.97 Å².